The van der Waals surface area contributed by atoms with Crippen molar-refractivity contribution in [2.75, 3.05) is 6.67 Å². The van der Waals surface area contributed by atoms with Crippen LogP contribution in [0.2, 0.25) is 0 Å². The van der Waals surface area contributed by atoms with Gasteiger partial charge in [0.15, 0.2) is 0 Å². The molecule has 1 aromatic carbocycles. The average molecular weight is 180 g/mol. The largest absolute Gasteiger partial charge is 0.347 e. The molecule has 70 valence electrons. The van der Waals surface area contributed by atoms with Crippen LogP contribution in [0.25, 0.3) is 0 Å². The first kappa shape index (κ1) is 9.71. The van der Waals surface area contributed by atoms with Crippen LogP contribution >= 0.6 is 0 Å². The minimum absolute atomic E-state index is 0.231. The number of rotatable bonds is 3. The van der Waals surface area contributed by atoms with E-state index >= 15 is 0 Å². The number of benzene rings is 1. The van der Waals surface area contributed by atoms with Gasteiger partial charge < -0.3 is 5.32 Å². The molecule has 1 rings (SSSR count). The lowest BCUT2D eigenvalue weighted by Gasteiger charge is -2.09. The first-order valence-corrected chi connectivity index (χ1v) is 4.16. The summed E-state index contributed by atoms with van der Waals surface area (Å²) >= 11 is 0. The summed E-state index contributed by atoms with van der Waals surface area (Å²) < 4.78 is 12.0. The third kappa shape index (κ3) is 2.86. The summed E-state index contributed by atoms with van der Waals surface area (Å²) in [6, 6.07) is 8.34. The fourth-order valence-corrected chi connectivity index (χ4v) is 0.935. The molecule has 0 radical (unpaired) electrons. The van der Waals surface area contributed by atoms with Crippen molar-refractivity contribution in [2.45, 2.75) is 13.0 Å². The van der Waals surface area contributed by atoms with Gasteiger partial charge in [0.25, 0.3) is 5.91 Å². The molecule has 2 nitrogen and oxygen atoms in total. The van der Waals surface area contributed by atoms with Crippen LogP contribution in [0.15, 0.2) is 30.3 Å². The standard InChI is InChI=1S/C10H12FNO/c1-8(7-11)12-10(13)9-5-3-2-4-6-9/h2-6,8H,7H2,1H3,(H,12,13)/i11-1. The van der Waals surface area contributed by atoms with Crippen molar-refractivity contribution in [1.82, 2.24) is 5.32 Å². The highest BCUT2D eigenvalue weighted by Crippen LogP contribution is 1.98. The molecule has 1 N–H and O–H groups in total. The van der Waals surface area contributed by atoms with E-state index in [4.69, 9.17) is 0 Å². The lowest BCUT2D eigenvalue weighted by atomic mass is 10.2. The molecular weight excluding hydrogens is 168 g/mol. The number of hydrogen-bond acceptors (Lipinski definition) is 1. The van der Waals surface area contributed by atoms with Gasteiger partial charge in [-0.3, -0.25) is 4.79 Å². The lowest BCUT2D eigenvalue weighted by Crippen LogP contribution is -2.33. The predicted octanol–water partition coefficient (Wildman–Crippen LogP) is 1.77. The van der Waals surface area contributed by atoms with Crippen LogP contribution < -0.4 is 5.32 Å². The predicted molar refractivity (Wildman–Crippen MR) is 49.3 cm³/mol. The van der Waals surface area contributed by atoms with Gasteiger partial charge in [0.1, 0.15) is 6.67 Å². The van der Waals surface area contributed by atoms with Crippen molar-refractivity contribution in [1.29, 1.82) is 0 Å². The van der Waals surface area contributed by atoms with E-state index in [0.29, 0.717) is 5.56 Å². The highest BCUT2D eigenvalue weighted by molar-refractivity contribution is 5.94. The maximum Gasteiger partial charge on any atom is 0.251 e. The summed E-state index contributed by atoms with van der Waals surface area (Å²) in [6.45, 7) is 1.08. The molecule has 0 heterocycles. The second-order valence-electron chi connectivity index (χ2n) is 2.89. The first-order valence-electron chi connectivity index (χ1n) is 4.16. The van der Waals surface area contributed by atoms with Crippen molar-refractivity contribution in [3.05, 3.63) is 35.9 Å². The maximum atomic E-state index is 12.0. The van der Waals surface area contributed by atoms with Crippen molar-refractivity contribution in [3.8, 4) is 0 Å². The summed E-state index contributed by atoms with van der Waals surface area (Å²) in [4.78, 5) is 11.3. The highest BCUT2D eigenvalue weighted by atomic mass is 18.2. The molecule has 3 heteroatoms. The highest BCUT2D eigenvalue weighted by Gasteiger charge is 2.07. The quantitative estimate of drug-likeness (QED) is 0.754. The summed E-state index contributed by atoms with van der Waals surface area (Å²) in [5.74, 6) is -0.231. The van der Waals surface area contributed by atoms with Crippen LogP contribution in [-0.4, -0.2) is 18.6 Å². The van der Waals surface area contributed by atoms with E-state index in [1.807, 2.05) is 6.07 Å². The Balaban J connectivity index is 2.59. The topological polar surface area (TPSA) is 29.1 Å². The molecule has 0 aliphatic rings. The molecule has 0 bridgehead atoms. The average Bonchev–Trinajstić information content (AvgIpc) is 2.19. The molecule has 1 aromatic rings. The number of alkyl halides is 1. The fraction of sp³-hybridized carbons (Fsp3) is 0.300. The minimum atomic E-state index is -0.543. The molecule has 1 unspecified atom stereocenters. The van der Waals surface area contributed by atoms with Crippen LogP contribution in [0.5, 0.6) is 0 Å². The zero-order chi connectivity index (χ0) is 9.68. The van der Waals surface area contributed by atoms with Crippen molar-refractivity contribution < 1.29 is 9.18 Å². The molecule has 0 aliphatic carbocycles. The molecule has 0 saturated heterocycles. The molecule has 1 amide bonds. The zero-order valence-corrected chi connectivity index (χ0v) is 7.46. The summed E-state index contributed by atoms with van der Waals surface area (Å²) in [7, 11) is 0. The van der Waals surface area contributed by atoms with Gasteiger partial charge in [0.05, 0.1) is 6.04 Å². The van der Waals surface area contributed by atoms with Gasteiger partial charge in [0, 0.05) is 5.56 Å². The van der Waals surface area contributed by atoms with Gasteiger partial charge in [-0.2, -0.15) is 0 Å². The second-order valence-corrected chi connectivity index (χ2v) is 2.89. The van der Waals surface area contributed by atoms with Gasteiger partial charge in [-0.15, -0.1) is 0 Å². The van der Waals surface area contributed by atoms with Crippen LogP contribution in [0.3, 0.4) is 0 Å². The van der Waals surface area contributed by atoms with E-state index in [1.54, 1.807) is 31.2 Å². The van der Waals surface area contributed by atoms with Gasteiger partial charge >= 0.3 is 0 Å². The first-order chi connectivity index (χ1) is 6.24. The second kappa shape index (κ2) is 4.60. The Morgan fingerprint density at radius 2 is 2.08 bits per heavy atom. The third-order valence-electron chi connectivity index (χ3n) is 1.64. The van der Waals surface area contributed by atoms with E-state index in [2.05, 4.69) is 5.32 Å². The van der Waals surface area contributed by atoms with Gasteiger partial charge in [-0.05, 0) is 19.1 Å². The van der Waals surface area contributed by atoms with Gasteiger partial charge in [-0.25, -0.2) is 4.39 Å². The maximum absolute atomic E-state index is 12.0. The van der Waals surface area contributed by atoms with Gasteiger partial charge in [-0.1, -0.05) is 18.2 Å². The Morgan fingerprint density at radius 3 is 2.62 bits per heavy atom. The molecule has 0 saturated carbocycles. The zero-order valence-electron chi connectivity index (χ0n) is 7.46. The SMILES string of the molecule is CC(C[18F])NC(=O)c1ccccc1. The van der Waals surface area contributed by atoms with E-state index in [1.165, 1.54) is 0 Å². The Morgan fingerprint density at radius 1 is 1.46 bits per heavy atom. The number of carbonyl (C=O) groups is 1. The summed E-state index contributed by atoms with van der Waals surface area (Å²) in [5.41, 5.74) is 0.558. The summed E-state index contributed by atoms with van der Waals surface area (Å²) in [5, 5.41) is 2.53. The van der Waals surface area contributed by atoms with Crippen molar-refractivity contribution >= 4 is 5.91 Å². The Labute approximate surface area is 76.8 Å². The van der Waals surface area contributed by atoms with Crippen LogP contribution in [-0.2, 0) is 0 Å². The van der Waals surface area contributed by atoms with E-state index in [-0.39, 0.29) is 5.91 Å². The van der Waals surface area contributed by atoms with Crippen molar-refractivity contribution in [2.24, 2.45) is 0 Å². The van der Waals surface area contributed by atoms with E-state index in [9.17, 15) is 9.18 Å². The van der Waals surface area contributed by atoms with Gasteiger partial charge in [0.2, 0.25) is 0 Å². The molecule has 1 atom stereocenters. The molecule has 0 spiro atoms. The minimum Gasteiger partial charge on any atom is -0.347 e. The summed E-state index contributed by atoms with van der Waals surface area (Å²) in [6.07, 6.45) is 0. The number of halogens is 1. The number of carbonyl (C=O) groups excluding carboxylic acids is 1. The smallest absolute Gasteiger partial charge is 0.251 e. The normalized spacial score (nSPS) is 12.2. The molecule has 0 aliphatic heterocycles. The Bertz CT molecular complexity index is 274. The fourth-order valence-electron chi connectivity index (χ4n) is 0.935. The molecule has 0 aromatic heterocycles. The molecule has 0 fully saturated rings. The van der Waals surface area contributed by atoms with Crippen LogP contribution in [0.4, 0.5) is 4.39 Å². The Hall–Kier alpha value is -1.38. The number of nitrogens with one attached hydrogen (secondary N) is 1. The van der Waals surface area contributed by atoms with Crippen molar-refractivity contribution in [3.63, 3.8) is 0 Å². The lowest BCUT2D eigenvalue weighted by molar-refractivity contribution is 0.0934. The Kier molecular flexibility index (Phi) is 3.43. The molecule has 13 heavy (non-hydrogen) atoms. The molecular formula is C10H12FNO. The van der Waals surface area contributed by atoms with Crippen LogP contribution in [0.1, 0.15) is 17.3 Å². The van der Waals surface area contributed by atoms with E-state index < -0.39 is 12.7 Å². The van der Waals surface area contributed by atoms with Crippen LogP contribution in [0, 0.1) is 0 Å². The number of hydrogen-bond donors (Lipinski definition) is 1. The third-order valence-corrected chi connectivity index (χ3v) is 1.64. The number of amides is 1. The monoisotopic (exact) mass is 180 g/mol. The van der Waals surface area contributed by atoms with E-state index in [0.717, 1.165) is 0 Å².